The summed E-state index contributed by atoms with van der Waals surface area (Å²) in [6.45, 7) is 5.16. The highest BCUT2D eigenvalue weighted by Gasteiger charge is 2.50. The van der Waals surface area contributed by atoms with E-state index in [0.29, 0.717) is 39.3 Å². The number of methoxy groups -OCH3 is 3. The fourth-order valence-corrected chi connectivity index (χ4v) is 5.66. The van der Waals surface area contributed by atoms with E-state index < -0.39 is 35.8 Å². The van der Waals surface area contributed by atoms with Crippen LogP contribution in [-0.2, 0) is 15.9 Å². The van der Waals surface area contributed by atoms with E-state index in [2.05, 4.69) is 0 Å². The Labute approximate surface area is 254 Å². The third kappa shape index (κ3) is 5.81. The van der Waals surface area contributed by atoms with Gasteiger partial charge in [-0.3, -0.25) is 4.79 Å². The molecule has 2 heterocycles. The van der Waals surface area contributed by atoms with Crippen molar-refractivity contribution < 1.29 is 43.1 Å². The number of Topliss-reactive ketones (excluding diaryl/α,β-unsaturated/α-hetero) is 1. The molecule has 1 aliphatic rings. The van der Waals surface area contributed by atoms with Crippen molar-refractivity contribution in [2.75, 3.05) is 21.3 Å². The van der Waals surface area contributed by atoms with E-state index in [1.54, 1.807) is 71.4 Å². The Kier molecular flexibility index (Phi) is 8.80. The normalized spacial score (nSPS) is 21.2. The second kappa shape index (κ2) is 12.4. The Morgan fingerprint density at radius 3 is 2.27 bits per heavy atom. The summed E-state index contributed by atoms with van der Waals surface area (Å²) >= 11 is 0. The van der Waals surface area contributed by atoms with Gasteiger partial charge < -0.3 is 38.3 Å². The first-order valence-corrected chi connectivity index (χ1v) is 14.1. The lowest BCUT2D eigenvalue weighted by molar-refractivity contribution is -0.306. The number of aryl methyl sites for hydroxylation is 1. The maximum atomic E-state index is 13.4. The summed E-state index contributed by atoms with van der Waals surface area (Å²) < 4.78 is 33.9. The molecule has 1 saturated heterocycles. The van der Waals surface area contributed by atoms with E-state index in [9.17, 15) is 19.8 Å². The number of carbonyl (C=O) groups is 1. The van der Waals surface area contributed by atoms with Crippen LogP contribution >= 0.6 is 0 Å². The molecule has 1 aliphatic heterocycles. The topological polar surface area (TPSA) is 134 Å². The maximum absolute atomic E-state index is 13.4. The van der Waals surface area contributed by atoms with Gasteiger partial charge in [0.2, 0.25) is 6.29 Å². The van der Waals surface area contributed by atoms with Crippen LogP contribution in [0.5, 0.6) is 17.2 Å². The molecule has 0 aliphatic carbocycles. The second-order valence-corrected chi connectivity index (χ2v) is 11.2. The summed E-state index contributed by atoms with van der Waals surface area (Å²) in [5.74, 6) is 1.24. The van der Waals surface area contributed by atoms with Gasteiger partial charge in [0.1, 0.15) is 41.1 Å². The number of fused-ring (bicyclic) bond motifs is 1. The molecule has 3 aromatic carbocycles. The summed E-state index contributed by atoms with van der Waals surface area (Å²) in [6, 6.07) is 17.5. The fraction of sp³-hybridized carbons (Fsp3) is 0.353. The van der Waals surface area contributed by atoms with Gasteiger partial charge in [-0.2, -0.15) is 0 Å². The number of hydrogen-bond donors (Lipinski definition) is 2. The Morgan fingerprint density at radius 1 is 0.886 bits per heavy atom. The van der Waals surface area contributed by atoms with Gasteiger partial charge in [0.15, 0.2) is 5.78 Å². The average molecular weight is 605 g/mol. The van der Waals surface area contributed by atoms with Crippen molar-refractivity contribution in [2.24, 2.45) is 0 Å². The molecule has 10 heteroatoms. The molecule has 0 unspecified atom stereocenters. The Balaban J connectivity index is 1.41. The second-order valence-electron chi connectivity index (χ2n) is 11.2. The van der Waals surface area contributed by atoms with Crippen LogP contribution in [0.15, 0.2) is 69.9 Å². The molecule has 232 valence electrons. The molecule has 4 aromatic rings. The molecular formula is C34H36O10. The van der Waals surface area contributed by atoms with Gasteiger partial charge in [-0.05, 0) is 63.2 Å². The molecule has 1 aromatic heterocycles. The zero-order valence-electron chi connectivity index (χ0n) is 25.5. The molecule has 44 heavy (non-hydrogen) atoms. The van der Waals surface area contributed by atoms with Gasteiger partial charge in [0, 0.05) is 46.7 Å². The van der Waals surface area contributed by atoms with Crippen LogP contribution in [0.4, 0.5) is 0 Å². The highest BCUT2D eigenvalue weighted by molar-refractivity contribution is 5.99. The van der Waals surface area contributed by atoms with E-state index in [-0.39, 0.29) is 23.4 Å². The van der Waals surface area contributed by atoms with Gasteiger partial charge >= 0.3 is 5.63 Å². The van der Waals surface area contributed by atoms with Crippen molar-refractivity contribution in [3.8, 4) is 28.4 Å². The summed E-state index contributed by atoms with van der Waals surface area (Å²) in [7, 11) is 4.56. The first-order chi connectivity index (χ1) is 21.0. The number of carbonyl (C=O) groups excluding carboxylic acids is 1. The van der Waals surface area contributed by atoms with Crippen LogP contribution in [0.3, 0.4) is 0 Å². The standard InChI is InChI=1S/C34H36O10/c1-18-25(42-33-29(37)28(36)31(41-6)34(2,3)44-33)13-12-20-15-21(32(38)43-30(18)20)17-24(35)19-11-14-27(40-5)23(16-19)22-9-7-8-10-26(22)39-4/h7-16,28-29,31,33,36-37H,17H2,1-6H3/t28-,29+,31+,33+/m0/s1. The lowest BCUT2D eigenvalue weighted by Gasteiger charge is -2.46. The van der Waals surface area contributed by atoms with E-state index in [1.165, 1.54) is 7.11 Å². The molecule has 0 spiro atoms. The number of ether oxygens (including phenoxy) is 5. The minimum Gasteiger partial charge on any atom is -0.496 e. The van der Waals surface area contributed by atoms with Crippen molar-refractivity contribution in [3.05, 3.63) is 87.8 Å². The number of benzene rings is 3. The van der Waals surface area contributed by atoms with Crippen LogP contribution in [0, 0.1) is 6.92 Å². The predicted octanol–water partition coefficient (Wildman–Crippen LogP) is 4.46. The van der Waals surface area contributed by atoms with Gasteiger partial charge in [-0.15, -0.1) is 0 Å². The van der Waals surface area contributed by atoms with Crippen LogP contribution in [0.2, 0.25) is 0 Å². The van der Waals surface area contributed by atoms with Gasteiger partial charge in [-0.1, -0.05) is 18.2 Å². The van der Waals surface area contributed by atoms with Crippen molar-refractivity contribution in [2.45, 2.75) is 57.4 Å². The molecule has 0 radical (unpaired) electrons. The molecule has 4 atom stereocenters. The van der Waals surface area contributed by atoms with Crippen LogP contribution < -0.4 is 19.8 Å². The van der Waals surface area contributed by atoms with Crippen LogP contribution in [0.1, 0.15) is 35.3 Å². The number of rotatable bonds is 9. The Morgan fingerprint density at radius 2 is 1.57 bits per heavy atom. The molecule has 0 amide bonds. The minimum absolute atomic E-state index is 0.178. The van der Waals surface area contributed by atoms with Crippen molar-refractivity contribution in [1.29, 1.82) is 0 Å². The summed E-state index contributed by atoms with van der Waals surface area (Å²) in [5, 5.41) is 21.8. The van der Waals surface area contributed by atoms with E-state index in [1.807, 2.05) is 24.3 Å². The van der Waals surface area contributed by atoms with Crippen molar-refractivity contribution >= 4 is 16.8 Å². The lowest BCUT2D eigenvalue weighted by Crippen LogP contribution is -2.63. The number of hydrogen-bond acceptors (Lipinski definition) is 10. The van der Waals surface area contributed by atoms with Gasteiger partial charge in [-0.25, -0.2) is 4.79 Å². The quantitative estimate of drug-likeness (QED) is 0.208. The fourth-order valence-electron chi connectivity index (χ4n) is 5.66. The van der Waals surface area contributed by atoms with Gasteiger partial charge in [0.05, 0.1) is 19.8 Å². The molecule has 10 nitrogen and oxygen atoms in total. The summed E-state index contributed by atoms with van der Waals surface area (Å²) in [6.07, 6.45) is -4.77. The van der Waals surface area contributed by atoms with E-state index in [4.69, 9.17) is 28.1 Å². The molecule has 5 rings (SSSR count). The third-order valence-electron chi connectivity index (χ3n) is 7.98. The predicted molar refractivity (Wildman–Crippen MR) is 163 cm³/mol. The average Bonchev–Trinajstić information content (AvgIpc) is 3.01. The van der Waals surface area contributed by atoms with Gasteiger partial charge in [0.25, 0.3) is 0 Å². The summed E-state index contributed by atoms with van der Waals surface area (Å²) in [4.78, 5) is 26.5. The minimum atomic E-state index is -1.38. The number of para-hydroxylation sites is 1. The van der Waals surface area contributed by atoms with Crippen molar-refractivity contribution in [3.63, 3.8) is 0 Å². The van der Waals surface area contributed by atoms with E-state index >= 15 is 0 Å². The zero-order valence-corrected chi connectivity index (χ0v) is 25.5. The number of ketones is 1. The molecule has 2 N–H and O–H groups in total. The molecule has 0 bridgehead atoms. The maximum Gasteiger partial charge on any atom is 0.339 e. The van der Waals surface area contributed by atoms with Crippen LogP contribution in [-0.4, -0.2) is 67.5 Å². The lowest BCUT2D eigenvalue weighted by atomic mass is 9.89. The SMILES string of the molecule is COc1ccccc1-c1cc(C(=O)Cc2cc3ccc(O[C@@H]4OC(C)(C)[C@H](OC)[C@@H](O)[C@H]4O)c(C)c3oc2=O)ccc1OC. The van der Waals surface area contributed by atoms with E-state index in [0.717, 1.165) is 5.56 Å². The zero-order chi connectivity index (χ0) is 31.8. The number of aliphatic hydroxyl groups excluding tert-OH is 2. The smallest absolute Gasteiger partial charge is 0.339 e. The number of aliphatic hydroxyl groups is 2. The largest absolute Gasteiger partial charge is 0.496 e. The molecule has 0 saturated carbocycles. The molecule has 1 fully saturated rings. The van der Waals surface area contributed by atoms with Crippen LogP contribution in [0.25, 0.3) is 22.1 Å². The van der Waals surface area contributed by atoms with Crippen molar-refractivity contribution in [1.82, 2.24) is 0 Å². The Hall–Kier alpha value is -4.22. The third-order valence-corrected chi connectivity index (χ3v) is 7.98. The first kappa shape index (κ1) is 31.2. The first-order valence-electron chi connectivity index (χ1n) is 14.1. The Bertz CT molecular complexity index is 1740. The monoisotopic (exact) mass is 604 g/mol. The molecular weight excluding hydrogens is 568 g/mol. The summed E-state index contributed by atoms with van der Waals surface area (Å²) in [5.41, 5.74) is 1.21. The highest BCUT2D eigenvalue weighted by atomic mass is 16.7. The highest BCUT2D eigenvalue weighted by Crippen LogP contribution is 2.38.